The number of guanidine groups is 1. The van der Waals surface area contributed by atoms with E-state index in [1.807, 2.05) is 0 Å². The van der Waals surface area contributed by atoms with Crippen LogP contribution >= 0.6 is 0 Å². The van der Waals surface area contributed by atoms with Crippen molar-refractivity contribution in [2.75, 3.05) is 6.54 Å². The molecule has 0 rings (SSSR count). The van der Waals surface area contributed by atoms with Gasteiger partial charge in [-0.1, -0.05) is 0 Å². The van der Waals surface area contributed by atoms with E-state index < -0.39 is 35.0 Å². The van der Waals surface area contributed by atoms with Gasteiger partial charge >= 0.3 is 11.9 Å². The minimum absolute atomic E-state index is 0.0800. The fourth-order valence-electron chi connectivity index (χ4n) is 1.20. The number of carbonyl (C=O) groups is 3. The first-order valence-electron chi connectivity index (χ1n) is 6.45. The van der Waals surface area contributed by atoms with Crippen LogP contribution in [0.5, 0.6) is 0 Å². The predicted molar refractivity (Wildman–Crippen MR) is 80.1 cm³/mol. The van der Waals surface area contributed by atoms with Gasteiger partial charge in [0.2, 0.25) is 5.91 Å². The number of amides is 1. The molecule has 138 valence electrons. The number of nitrogens with zero attached hydrogens (tertiary/aromatic N) is 1. The van der Waals surface area contributed by atoms with E-state index in [0.29, 0.717) is 13.0 Å². The summed E-state index contributed by atoms with van der Waals surface area (Å²) in [6.07, 6.45) is 0.128. The molecule has 0 saturated heterocycles. The summed E-state index contributed by atoms with van der Waals surface area (Å²) in [4.78, 5) is 40.4. The zero-order chi connectivity index (χ0) is 19.3. The molecule has 24 heavy (non-hydrogen) atoms. The topological polar surface area (TPSA) is 261 Å². The summed E-state index contributed by atoms with van der Waals surface area (Å²) in [7, 11) is 0. The molecule has 0 aromatic heterocycles. The number of carboxylic acids is 2. The van der Waals surface area contributed by atoms with E-state index in [1.54, 1.807) is 5.43 Å². The second-order valence-corrected chi connectivity index (χ2v) is 4.37. The lowest BCUT2D eigenvalue weighted by molar-refractivity contribution is -0.549. The normalized spacial score (nSPS) is 11.9. The maximum absolute atomic E-state index is 10.5. The van der Waals surface area contributed by atoms with Crippen LogP contribution in [0.4, 0.5) is 0 Å². The monoisotopic (exact) mass is 351 g/mol. The fraction of sp³-hybridized carbons (Fsp3) is 0.600. The van der Waals surface area contributed by atoms with Crippen molar-refractivity contribution in [3.05, 3.63) is 10.1 Å². The molecule has 0 fully saturated rings. The Labute approximate surface area is 136 Å². The highest BCUT2D eigenvalue weighted by atomic mass is 16.7. The van der Waals surface area contributed by atoms with E-state index in [9.17, 15) is 24.5 Å². The van der Waals surface area contributed by atoms with Crippen LogP contribution in [0.15, 0.2) is 0 Å². The fourth-order valence-corrected chi connectivity index (χ4v) is 1.20. The molecule has 0 bridgehead atoms. The first kappa shape index (κ1) is 23.1. The van der Waals surface area contributed by atoms with E-state index in [-0.39, 0.29) is 18.8 Å². The molecule has 14 heteroatoms. The molecule has 0 saturated carbocycles. The van der Waals surface area contributed by atoms with Crippen LogP contribution in [0.25, 0.3) is 0 Å². The Bertz CT molecular complexity index is 470. The molecule has 0 radical (unpaired) electrons. The smallest absolute Gasteiger partial charge is 0.332 e. The molecular formula is C10H21N7O7. The Morgan fingerprint density at radius 2 is 1.75 bits per heavy atom. The van der Waals surface area contributed by atoms with E-state index in [0.717, 1.165) is 0 Å². The minimum Gasteiger partial charge on any atom is -0.480 e. The van der Waals surface area contributed by atoms with Crippen molar-refractivity contribution in [3.8, 4) is 0 Å². The number of hydrazine groups is 1. The van der Waals surface area contributed by atoms with Crippen LogP contribution in [0.1, 0.15) is 19.3 Å². The number of nitrogens with one attached hydrogen (secondary N) is 3. The maximum Gasteiger partial charge on any atom is 0.332 e. The Kier molecular flexibility index (Phi) is 11.9. The molecule has 11 N–H and O–H groups in total. The van der Waals surface area contributed by atoms with Crippen molar-refractivity contribution in [3.63, 3.8) is 0 Å². The number of carboxylic acid groups (broad SMARTS) is 2. The van der Waals surface area contributed by atoms with Gasteiger partial charge in [-0.2, -0.15) is 0 Å². The van der Waals surface area contributed by atoms with Crippen molar-refractivity contribution in [2.45, 2.75) is 31.3 Å². The Morgan fingerprint density at radius 1 is 1.21 bits per heavy atom. The van der Waals surface area contributed by atoms with Crippen LogP contribution in [0, 0.1) is 15.5 Å². The zero-order valence-corrected chi connectivity index (χ0v) is 12.6. The highest BCUT2D eigenvalue weighted by molar-refractivity contribution is 5.83. The summed E-state index contributed by atoms with van der Waals surface area (Å²) in [5.41, 5.74) is 16.2. The number of nitrogens with two attached hydrogens (primary N) is 3. The van der Waals surface area contributed by atoms with Gasteiger partial charge in [0.1, 0.15) is 6.04 Å². The Balaban J connectivity index is 0. The third-order valence-corrected chi connectivity index (χ3v) is 2.28. The van der Waals surface area contributed by atoms with E-state index in [2.05, 4.69) is 11.1 Å². The third kappa shape index (κ3) is 15.2. The predicted octanol–water partition coefficient (Wildman–Crippen LogP) is -3.24. The standard InChI is InChI=1S/C6H13N5O4.C4H8N2O3/c7-6(8)9-3-1-2-4(5(12)13)10-11(14)15;5-2(4(8)9)1-3(6)7/h4,10H,1-3H2,(H,12,13)(H4,7,8,9);2H,1,5H2,(H2,6,7)(H,8,9)/t4-;2-/m01/s1. The van der Waals surface area contributed by atoms with Crippen molar-refractivity contribution in [1.29, 1.82) is 5.41 Å². The van der Waals surface area contributed by atoms with Crippen LogP contribution in [-0.2, 0) is 14.4 Å². The second kappa shape index (κ2) is 12.4. The molecular weight excluding hydrogens is 330 g/mol. The van der Waals surface area contributed by atoms with Gasteiger partial charge in [0.15, 0.2) is 17.0 Å². The number of carbonyl (C=O) groups excluding carboxylic acids is 1. The van der Waals surface area contributed by atoms with E-state index >= 15 is 0 Å². The molecule has 2 atom stereocenters. The molecule has 0 spiro atoms. The molecule has 0 aliphatic carbocycles. The highest BCUT2D eigenvalue weighted by Crippen LogP contribution is 1.96. The lowest BCUT2D eigenvalue weighted by Gasteiger charge is -2.09. The number of hydrogen-bond acceptors (Lipinski definition) is 7. The number of aliphatic carboxylic acids is 2. The SMILES string of the molecule is N=C(N)NCCC[C@H](N[N+](=O)[O-])C(=O)O.NC(=O)C[C@@H](N)C(=O)O. The van der Waals surface area contributed by atoms with Crippen molar-refractivity contribution >= 4 is 23.8 Å². The number of rotatable bonds is 10. The van der Waals surface area contributed by atoms with Crippen molar-refractivity contribution in [1.82, 2.24) is 10.7 Å². The average molecular weight is 351 g/mol. The quantitative estimate of drug-likeness (QED) is 0.0636. The van der Waals surface area contributed by atoms with Gasteiger partial charge in [-0.25, -0.2) is 14.9 Å². The molecule has 0 heterocycles. The van der Waals surface area contributed by atoms with E-state index in [1.165, 1.54) is 0 Å². The summed E-state index contributed by atoms with van der Waals surface area (Å²) < 4.78 is 0. The van der Waals surface area contributed by atoms with Gasteiger partial charge in [0.25, 0.3) is 0 Å². The minimum atomic E-state index is -1.28. The Morgan fingerprint density at radius 3 is 2.04 bits per heavy atom. The first-order valence-corrected chi connectivity index (χ1v) is 6.45. The second-order valence-electron chi connectivity index (χ2n) is 4.37. The van der Waals surface area contributed by atoms with Gasteiger partial charge in [-0.05, 0) is 12.8 Å². The summed E-state index contributed by atoms with van der Waals surface area (Å²) in [5.74, 6) is -3.42. The average Bonchev–Trinajstić information content (AvgIpc) is 2.41. The van der Waals surface area contributed by atoms with Crippen molar-refractivity contribution in [2.24, 2.45) is 17.2 Å². The summed E-state index contributed by atoms with van der Waals surface area (Å²) >= 11 is 0. The summed E-state index contributed by atoms with van der Waals surface area (Å²) in [6.45, 7) is 0.304. The van der Waals surface area contributed by atoms with Gasteiger partial charge in [0.05, 0.1) is 6.42 Å². The number of nitro groups is 1. The molecule has 0 aliphatic rings. The maximum atomic E-state index is 10.5. The zero-order valence-electron chi connectivity index (χ0n) is 12.6. The lowest BCUT2D eigenvalue weighted by Crippen LogP contribution is -2.41. The molecule has 0 aliphatic heterocycles. The van der Waals surface area contributed by atoms with Gasteiger partial charge in [0, 0.05) is 6.54 Å². The Hall–Kier alpha value is -3.16. The lowest BCUT2D eigenvalue weighted by atomic mass is 10.1. The summed E-state index contributed by atoms with van der Waals surface area (Å²) in [6, 6.07) is -2.39. The van der Waals surface area contributed by atoms with Crippen LogP contribution in [-0.4, -0.2) is 57.7 Å². The molecule has 1 amide bonds. The van der Waals surface area contributed by atoms with E-state index in [4.69, 9.17) is 27.1 Å². The van der Waals surface area contributed by atoms with Gasteiger partial charge < -0.3 is 32.7 Å². The van der Waals surface area contributed by atoms with Crippen molar-refractivity contribution < 1.29 is 29.6 Å². The molecule has 0 aromatic carbocycles. The summed E-state index contributed by atoms with van der Waals surface area (Å²) in [5, 5.41) is 35.1. The van der Waals surface area contributed by atoms with Crippen LogP contribution < -0.4 is 27.9 Å². The largest absolute Gasteiger partial charge is 0.480 e. The van der Waals surface area contributed by atoms with Crippen LogP contribution in [0.3, 0.4) is 0 Å². The highest BCUT2D eigenvalue weighted by Gasteiger charge is 2.21. The number of primary amides is 1. The first-order chi connectivity index (χ1) is 11.0. The van der Waals surface area contributed by atoms with Gasteiger partial charge in [-0.3, -0.25) is 15.0 Å². The number of hydrogen-bond donors (Lipinski definition) is 8. The molecule has 0 unspecified atom stereocenters. The van der Waals surface area contributed by atoms with Gasteiger partial charge in [-0.15, -0.1) is 5.43 Å². The third-order valence-electron chi connectivity index (χ3n) is 2.28. The molecule has 0 aromatic rings. The van der Waals surface area contributed by atoms with Crippen LogP contribution in [0.2, 0.25) is 0 Å². The molecule has 14 nitrogen and oxygen atoms in total.